The lowest BCUT2D eigenvalue weighted by molar-refractivity contribution is 0.126. The number of hydrogen-bond donors (Lipinski definition) is 3. The Hall–Kier alpha value is -1.46. The van der Waals surface area contributed by atoms with E-state index in [9.17, 15) is 5.11 Å². The highest BCUT2D eigenvalue weighted by Crippen LogP contribution is 2.41. The maximum Gasteiger partial charge on any atom is 0.173 e. The van der Waals surface area contributed by atoms with E-state index in [4.69, 9.17) is 22.5 Å². The molecular weight excluding hydrogens is 278 g/mol. The number of rotatable bonds is 2. The quantitative estimate of drug-likeness (QED) is 0.337. The molecule has 2 fully saturated rings. The number of amidine groups is 1. The number of fused-ring (bicyclic) bond motifs is 2. The van der Waals surface area contributed by atoms with Crippen molar-refractivity contribution in [1.29, 1.82) is 0 Å². The smallest absolute Gasteiger partial charge is 0.173 e. The summed E-state index contributed by atoms with van der Waals surface area (Å²) < 4.78 is 0. The number of nitrogens with two attached hydrogens (primary N) is 1. The van der Waals surface area contributed by atoms with Gasteiger partial charge in [-0.2, -0.15) is 0 Å². The first kappa shape index (κ1) is 13.5. The third-order valence-corrected chi connectivity index (χ3v) is 4.66. The Labute approximate surface area is 122 Å². The fourth-order valence-corrected chi connectivity index (χ4v) is 3.84. The van der Waals surface area contributed by atoms with Crippen LogP contribution in [-0.4, -0.2) is 34.3 Å². The van der Waals surface area contributed by atoms with Gasteiger partial charge in [0.25, 0.3) is 0 Å². The highest BCUT2D eigenvalue weighted by molar-refractivity contribution is 6.34. The fraction of sp³-hybridized carbons (Fsp3) is 0.500. The van der Waals surface area contributed by atoms with Crippen LogP contribution in [0.3, 0.4) is 0 Å². The molecule has 0 aromatic heterocycles. The van der Waals surface area contributed by atoms with Gasteiger partial charge in [0.05, 0.1) is 16.7 Å². The van der Waals surface area contributed by atoms with E-state index in [1.54, 1.807) is 6.07 Å². The topological polar surface area (TPSA) is 82.1 Å². The van der Waals surface area contributed by atoms with Crippen molar-refractivity contribution in [2.45, 2.75) is 43.9 Å². The molecule has 2 unspecified atom stereocenters. The molecule has 2 atom stereocenters. The van der Waals surface area contributed by atoms with E-state index in [1.165, 1.54) is 0 Å². The van der Waals surface area contributed by atoms with Crippen molar-refractivity contribution in [3.8, 4) is 0 Å². The molecular formula is C14H18ClN3O2. The van der Waals surface area contributed by atoms with E-state index in [1.807, 2.05) is 12.1 Å². The number of aliphatic hydroxyl groups is 1. The average molecular weight is 296 g/mol. The first-order valence-electron chi connectivity index (χ1n) is 6.84. The molecule has 2 aliphatic heterocycles. The molecule has 3 rings (SSSR count). The second-order valence-corrected chi connectivity index (χ2v) is 5.94. The van der Waals surface area contributed by atoms with Crippen molar-refractivity contribution >= 4 is 23.1 Å². The number of piperidine rings is 1. The molecule has 0 amide bonds. The molecule has 20 heavy (non-hydrogen) atoms. The van der Waals surface area contributed by atoms with Crippen LogP contribution in [0.2, 0.25) is 5.02 Å². The van der Waals surface area contributed by atoms with Crippen LogP contribution in [0.1, 0.15) is 31.2 Å². The van der Waals surface area contributed by atoms with E-state index < -0.39 is 0 Å². The number of benzene rings is 1. The lowest BCUT2D eigenvalue weighted by Crippen LogP contribution is -2.45. The van der Waals surface area contributed by atoms with E-state index in [2.05, 4.69) is 10.1 Å². The summed E-state index contributed by atoms with van der Waals surface area (Å²) in [5.74, 6) is 0.0242. The molecule has 2 bridgehead atoms. The van der Waals surface area contributed by atoms with Gasteiger partial charge < -0.3 is 20.9 Å². The monoisotopic (exact) mass is 295 g/mol. The summed E-state index contributed by atoms with van der Waals surface area (Å²) >= 11 is 6.22. The van der Waals surface area contributed by atoms with Crippen LogP contribution in [0, 0.1) is 0 Å². The highest BCUT2D eigenvalue weighted by atomic mass is 35.5. The second kappa shape index (κ2) is 5.14. The molecule has 1 aromatic carbocycles. The van der Waals surface area contributed by atoms with Crippen LogP contribution in [-0.2, 0) is 0 Å². The molecule has 6 heteroatoms. The molecule has 0 aliphatic carbocycles. The number of oxime groups is 1. The zero-order valence-corrected chi connectivity index (χ0v) is 11.8. The Morgan fingerprint density at radius 1 is 1.30 bits per heavy atom. The summed E-state index contributed by atoms with van der Waals surface area (Å²) in [6.07, 6.45) is 3.42. The minimum absolute atomic E-state index is 0.0242. The maximum atomic E-state index is 9.89. The zero-order chi connectivity index (χ0) is 14.3. The van der Waals surface area contributed by atoms with Gasteiger partial charge in [0.15, 0.2) is 5.84 Å². The summed E-state index contributed by atoms with van der Waals surface area (Å²) in [5, 5.41) is 22.4. The number of aliphatic hydroxyl groups excluding tert-OH is 1. The van der Waals surface area contributed by atoms with E-state index in [-0.39, 0.29) is 11.9 Å². The van der Waals surface area contributed by atoms with Crippen LogP contribution >= 0.6 is 11.6 Å². The zero-order valence-electron chi connectivity index (χ0n) is 11.0. The van der Waals surface area contributed by atoms with Gasteiger partial charge in [0.2, 0.25) is 0 Å². The summed E-state index contributed by atoms with van der Waals surface area (Å²) in [6, 6.07) is 6.15. The lowest BCUT2D eigenvalue weighted by Gasteiger charge is -2.40. The fourth-order valence-electron chi connectivity index (χ4n) is 3.57. The van der Waals surface area contributed by atoms with Gasteiger partial charge >= 0.3 is 0 Å². The minimum atomic E-state index is -0.227. The molecule has 4 N–H and O–H groups in total. The first-order chi connectivity index (χ1) is 9.61. The largest absolute Gasteiger partial charge is 0.409 e. The SMILES string of the molecule is NC(=NO)c1c(Cl)cccc1N1C2CCC1CC(O)C2. The number of hydrogen-bond acceptors (Lipinski definition) is 4. The van der Waals surface area contributed by atoms with Crippen LogP contribution in [0.5, 0.6) is 0 Å². The van der Waals surface area contributed by atoms with E-state index >= 15 is 0 Å². The number of nitrogens with zero attached hydrogens (tertiary/aromatic N) is 2. The molecule has 2 saturated heterocycles. The van der Waals surface area contributed by atoms with Gasteiger partial charge in [-0.15, -0.1) is 0 Å². The maximum absolute atomic E-state index is 9.89. The van der Waals surface area contributed by atoms with Crippen molar-refractivity contribution in [1.82, 2.24) is 0 Å². The van der Waals surface area contributed by atoms with E-state index in [0.29, 0.717) is 22.7 Å². The standard InChI is InChI=1S/C14H18ClN3O2/c15-11-2-1-3-12(13(11)14(16)17-20)18-8-4-5-9(18)7-10(19)6-8/h1-3,8-10,19-20H,4-7H2,(H2,16,17). The molecule has 0 spiro atoms. The summed E-state index contributed by atoms with van der Waals surface area (Å²) in [4.78, 5) is 2.28. The van der Waals surface area contributed by atoms with Gasteiger partial charge in [-0.3, -0.25) is 0 Å². The van der Waals surface area contributed by atoms with Crippen molar-refractivity contribution in [2.24, 2.45) is 10.9 Å². The van der Waals surface area contributed by atoms with Crippen molar-refractivity contribution in [3.05, 3.63) is 28.8 Å². The Bertz CT molecular complexity index is 535. The molecule has 0 saturated carbocycles. The Balaban J connectivity index is 2.05. The Kier molecular flexibility index (Phi) is 3.48. The Morgan fingerprint density at radius 2 is 1.95 bits per heavy atom. The number of anilines is 1. The third-order valence-electron chi connectivity index (χ3n) is 4.34. The summed E-state index contributed by atoms with van der Waals surface area (Å²) in [7, 11) is 0. The van der Waals surface area contributed by atoms with Gasteiger partial charge in [0.1, 0.15) is 0 Å². The predicted molar refractivity (Wildman–Crippen MR) is 78.5 cm³/mol. The van der Waals surface area contributed by atoms with Crippen molar-refractivity contribution < 1.29 is 10.3 Å². The third kappa shape index (κ3) is 2.11. The normalized spacial score (nSPS) is 29.8. The molecule has 2 aliphatic rings. The predicted octanol–water partition coefficient (Wildman–Crippen LogP) is 1.93. The Morgan fingerprint density at radius 3 is 2.55 bits per heavy atom. The van der Waals surface area contributed by atoms with Gasteiger partial charge in [-0.25, -0.2) is 0 Å². The molecule has 5 nitrogen and oxygen atoms in total. The second-order valence-electron chi connectivity index (χ2n) is 5.54. The minimum Gasteiger partial charge on any atom is -0.409 e. The molecule has 2 heterocycles. The average Bonchev–Trinajstić information content (AvgIpc) is 2.69. The molecule has 0 radical (unpaired) electrons. The van der Waals surface area contributed by atoms with Crippen LogP contribution in [0.25, 0.3) is 0 Å². The number of halogens is 1. The van der Waals surface area contributed by atoms with Gasteiger partial charge in [0, 0.05) is 17.8 Å². The van der Waals surface area contributed by atoms with Crippen LogP contribution in [0.15, 0.2) is 23.4 Å². The molecule has 108 valence electrons. The summed E-state index contributed by atoms with van der Waals surface area (Å²) in [6.45, 7) is 0. The lowest BCUT2D eigenvalue weighted by atomic mass is 9.97. The van der Waals surface area contributed by atoms with Gasteiger partial charge in [-0.1, -0.05) is 22.8 Å². The van der Waals surface area contributed by atoms with Crippen LogP contribution < -0.4 is 10.6 Å². The first-order valence-corrected chi connectivity index (χ1v) is 7.22. The van der Waals surface area contributed by atoms with E-state index in [0.717, 1.165) is 31.4 Å². The molecule has 1 aromatic rings. The summed E-state index contributed by atoms with van der Waals surface area (Å²) in [5.41, 5.74) is 7.25. The van der Waals surface area contributed by atoms with Gasteiger partial charge in [-0.05, 0) is 37.8 Å². The van der Waals surface area contributed by atoms with Crippen molar-refractivity contribution in [2.75, 3.05) is 4.90 Å². The van der Waals surface area contributed by atoms with Crippen molar-refractivity contribution in [3.63, 3.8) is 0 Å². The highest BCUT2D eigenvalue weighted by Gasteiger charge is 2.41. The van der Waals surface area contributed by atoms with Crippen LogP contribution in [0.4, 0.5) is 5.69 Å².